The van der Waals surface area contributed by atoms with Gasteiger partial charge in [-0.05, 0) is 31.0 Å². The van der Waals surface area contributed by atoms with Crippen molar-refractivity contribution < 1.29 is 9.90 Å². The van der Waals surface area contributed by atoms with Crippen LogP contribution in [0.4, 0.5) is 0 Å². The predicted molar refractivity (Wildman–Crippen MR) is 52.9 cm³/mol. The molecule has 0 aliphatic heterocycles. The van der Waals surface area contributed by atoms with Crippen molar-refractivity contribution in [2.75, 3.05) is 0 Å². The first-order valence-electron chi connectivity index (χ1n) is 3.63. The average molecular weight is 219 g/mol. The van der Waals surface area contributed by atoms with E-state index >= 15 is 0 Å². The van der Waals surface area contributed by atoms with Crippen LogP contribution in [0.25, 0.3) is 0 Å². The molecule has 0 saturated heterocycles. The lowest BCUT2D eigenvalue weighted by atomic mass is 10.1. The Hall–Kier alpha value is -0.730. The number of rotatable bonds is 1. The molecule has 0 saturated carbocycles. The molecular formula is C9H8Cl2O2. The van der Waals surface area contributed by atoms with E-state index in [2.05, 4.69) is 0 Å². The third-order valence-corrected chi connectivity index (χ3v) is 2.90. The van der Waals surface area contributed by atoms with Crippen molar-refractivity contribution in [1.29, 1.82) is 0 Å². The Bertz CT molecular complexity index is 372. The van der Waals surface area contributed by atoms with Crippen molar-refractivity contribution >= 4 is 29.2 Å². The van der Waals surface area contributed by atoms with E-state index < -0.39 is 5.97 Å². The van der Waals surface area contributed by atoms with E-state index in [1.54, 1.807) is 13.8 Å². The number of carboxylic acid groups (broad SMARTS) is 1. The van der Waals surface area contributed by atoms with Gasteiger partial charge in [-0.1, -0.05) is 23.2 Å². The van der Waals surface area contributed by atoms with Gasteiger partial charge >= 0.3 is 5.97 Å². The quantitative estimate of drug-likeness (QED) is 0.786. The van der Waals surface area contributed by atoms with Crippen molar-refractivity contribution in [3.63, 3.8) is 0 Å². The van der Waals surface area contributed by atoms with E-state index in [1.165, 1.54) is 6.07 Å². The van der Waals surface area contributed by atoms with Crippen LogP contribution < -0.4 is 0 Å². The van der Waals surface area contributed by atoms with E-state index in [0.29, 0.717) is 5.02 Å². The van der Waals surface area contributed by atoms with Gasteiger partial charge in [0.05, 0.1) is 15.6 Å². The summed E-state index contributed by atoms with van der Waals surface area (Å²) in [6.45, 7) is 3.60. The number of aromatic carboxylic acids is 1. The second-order valence-electron chi connectivity index (χ2n) is 2.80. The zero-order valence-electron chi connectivity index (χ0n) is 7.19. The molecular weight excluding hydrogens is 211 g/mol. The fraction of sp³-hybridized carbons (Fsp3) is 0.222. The van der Waals surface area contributed by atoms with E-state index in [9.17, 15) is 4.79 Å². The molecule has 0 spiro atoms. The number of carbonyl (C=O) groups is 1. The second-order valence-corrected chi connectivity index (χ2v) is 3.56. The molecule has 0 atom stereocenters. The first-order chi connectivity index (χ1) is 5.95. The number of hydrogen-bond donors (Lipinski definition) is 1. The summed E-state index contributed by atoms with van der Waals surface area (Å²) < 4.78 is 0. The van der Waals surface area contributed by atoms with Crippen LogP contribution in [0.3, 0.4) is 0 Å². The third-order valence-electron chi connectivity index (χ3n) is 1.94. The molecule has 0 aliphatic rings. The maximum absolute atomic E-state index is 10.7. The van der Waals surface area contributed by atoms with Crippen LogP contribution >= 0.6 is 23.2 Å². The Morgan fingerprint density at radius 3 is 2.31 bits per heavy atom. The monoisotopic (exact) mass is 218 g/mol. The molecule has 0 aromatic heterocycles. The summed E-state index contributed by atoms with van der Waals surface area (Å²) in [5, 5.41) is 9.19. The lowest BCUT2D eigenvalue weighted by Gasteiger charge is -2.07. The molecule has 13 heavy (non-hydrogen) atoms. The van der Waals surface area contributed by atoms with Gasteiger partial charge in [0.2, 0.25) is 0 Å². The molecule has 1 rings (SSSR count). The van der Waals surface area contributed by atoms with E-state index in [4.69, 9.17) is 28.3 Å². The predicted octanol–water partition coefficient (Wildman–Crippen LogP) is 3.31. The number of carboxylic acids is 1. The summed E-state index contributed by atoms with van der Waals surface area (Å²) in [7, 11) is 0. The first-order valence-corrected chi connectivity index (χ1v) is 4.39. The van der Waals surface area contributed by atoms with Gasteiger partial charge in [-0.15, -0.1) is 0 Å². The van der Waals surface area contributed by atoms with Crippen LogP contribution in [0.1, 0.15) is 21.5 Å². The molecule has 0 heterocycles. The molecule has 0 fully saturated rings. The fourth-order valence-electron chi connectivity index (χ4n) is 1.000. The van der Waals surface area contributed by atoms with Crippen LogP contribution in [0.5, 0.6) is 0 Å². The highest BCUT2D eigenvalue weighted by Crippen LogP contribution is 2.31. The molecule has 2 nitrogen and oxygen atoms in total. The minimum Gasteiger partial charge on any atom is -0.478 e. The highest BCUT2D eigenvalue weighted by Gasteiger charge is 2.14. The summed E-state index contributed by atoms with van der Waals surface area (Å²) in [4.78, 5) is 10.7. The van der Waals surface area contributed by atoms with Crippen molar-refractivity contribution in [3.8, 4) is 0 Å². The van der Waals surface area contributed by atoms with Crippen LogP contribution in [-0.2, 0) is 0 Å². The summed E-state index contributed by atoms with van der Waals surface area (Å²) in [6.07, 6.45) is 0. The maximum atomic E-state index is 10.7. The van der Waals surface area contributed by atoms with Crippen LogP contribution in [0.2, 0.25) is 10.0 Å². The minimum absolute atomic E-state index is 0.0507. The molecule has 70 valence electrons. The van der Waals surface area contributed by atoms with Crippen LogP contribution in [0, 0.1) is 13.8 Å². The van der Waals surface area contributed by atoms with Gasteiger partial charge in [-0.25, -0.2) is 4.79 Å². The fourth-order valence-corrected chi connectivity index (χ4v) is 1.53. The Balaban J connectivity index is 3.50. The summed E-state index contributed by atoms with van der Waals surface area (Å²) in [6, 6.07) is 1.52. The highest BCUT2D eigenvalue weighted by atomic mass is 35.5. The topological polar surface area (TPSA) is 37.3 Å². The first kappa shape index (κ1) is 10.4. The Morgan fingerprint density at radius 2 is 1.85 bits per heavy atom. The number of aryl methyl sites for hydroxylation is 1. The molecule has 1 aromatic carbocycles. The molecule has 1 aromatic rings. The SMILES string of the molecule is Cc1cc(C(=O)O)c(Cl)c(Cl)c1C. The van der Waals surface area contributed by atoms with Gasteiger partial charge in [0.1, 0.15) is 0 Å². The molecule has 0 unspecified atom stereocenters. The molecule has 0 aliphatic carbocycles. The highest BCUT2D eigenvalue weighted by molar-refractivity contribution is 6.44. The number of hydrogen-bond acceptors (Lipinski definition) is 1. The summed E-state index contributed by atoms with van der Waals surface area (Å²) in [5.41, 5.74) is 1.69. The van der Waals surface area contributed by atoms with Crippen LogP contribution in [-0.4, -0.2) is 11.1 Å². The Labute approximate surface area is 86.1 Å². The molecule has 0 amide bonds. The minimum atomic E-state index is -1.06. The van der Waals surface area contributed by atoms with Crippen molar-refractivity contribution in [1.82, 2.24) is 0 Å². The maximum Gasteiger partial charge on any atom is 0.337 e. The second kappa shape index (κ2) is 3.56. The lowest BCUT2D eigenvalue weighted by Crippen LogP contribution is -2.00. The van der Waals surface area contributed by atoms with Gasteiger partial charge in [0.15, 0.2) is 0 Å². The number of halogens is 2. The lowest BCUT2D eigenvalue weighted by molar-refractivity contribution is 0.0697. The largest absolute Gasteiger partial charge is 0.478 e. The smallest absolute Gasteiger partial charge is 0.337 e. The van der Waals surface area contributed by atoms with Gasteiger partial charge < -0.3 is 5.11 Å². The molecule has 1 N–H and O–H groups in total. The normalized spacial score (nSPS) is 10.2. The van der Waals surface area contributed by atoms with Gasteiger partial charge in [0.25, 0.3) is 0 Å². The van der Waals surface area contributed by atoms with E-state index in [0.717, 1.165) is 11.1 Å². The van der Waals surface area contributed by atoms with Gasteiger partial charge in [-0.3, -0.25) is 0 Å². The molecule has 0 radical (unpaired) electrons. The average Bonchev–Trinajstić information content (AvgIpc) is 2.07. The van der Waals surface area contributed by atoms with Crippen molar-refractivity contribution in [2.45, 2.75) is 13.8 Å². The summed E-state index contributed by atoms with van der Waals surface area (Å²) in [5.74, 6) is -1.06. The van der Waals surface area contributed by atoms with E-state index in [-0.39, 0.29) is 10.6 Å². The zero-order valence-corrected chi connectivity index (χ0v) is 8.70. The zero-order chi connectivity index (χ0) is 10.2. The van der Waals surface area contributed by atoms with Crippen molar-refractivity contribution in [2.24, 2.45) is 0 Å². The molecule has 4 heteroatoms. The van der Waals surface area contributed by atoms with E-state index in [1.807, 2.05) is 0 Å². The Morgan fingerprint density at radius 1 is 1.31 bits per heavy atom. The Kier molecular flexibility index (Phi) is 2.84. The van der Waals surface area contributed by atoms with Crippen LogP contribution in [0.15, 0.2) is 6.07 Å². The van der Waals surface area contributed by atoms with Gasteiger partial charge in [0, 0.05) is 0 Å². The number of benzene rings is 1. The summed E-state index contributed by atoms with van der Waals surface area (Å²) >= 11 is 11.6. The third kappa shape index (κ3) is 1.79. The standard InChI is InChI=1S/C9H8Cl2O2/c1-4-3-6(9(12)13)8(11)7(10)5(4)2/h3H,1-2H3,(H,12,13). The molecule has 0 bridgehead atoms. The van der Waals surface area contributed by atoms with Gasteiger partial charge in [-0.2, -0.15) is 0 Å². The van der Waals surface area contributed by atoms with Crippen molar-refractivity contribution in [3.05, 3.63) is 32.8 Å².